The molecule has 0 unspecified atom stereocenters. The number of anilines is 2. The van der Waals surface area contributed by atoms with Crippen molar-refractivity contribution in [3.8, 4) is 0 Å². The largest absolute Gasteiger partial charge is 0.324 e. The predicted molar refractivity (Wildman–Crippen MR) is 98.6 cm³/mol. The Hall–Kier alpha value is -2.33. The Bertz CT molecular complexity index is 726. The molecule has 2 amide bonds. The zero-order chi connectivity index (χ0) is 17.7. The van der Waals surface area contributed by atoms with Crippen LogP contribution in [0, 0.1) is 0 Å². The van der Waals surface area contributed by atoms with E-state index in [1.807, 2.05) is 24.3 Å². The SMILES string of the molecule is CC(=O)N(CC(=O)Nc1ccccc1C(C)C)c1ccc(Cl)cc1. The summed E-state index contributed by atoms with van der Waals surface area (Å²) in [5.74, 6) is -0.153. The Balaban J connectivity index is 2.15. The smallest absolute Gasteiger partial charge is 0.244 e. The second-order valence-electron chi connectivity index (χ2n) is 5.87. The number of nitrogens with one attached hydrogen (secondary N) is 1. The molecule has 2 aromatic carbocycles. The first-order chi connectivity index (χ1) is 11.4. The van der Waals surface area contributed by atoms with Crippen molar-refractivity contribution < 1.29 is 9.59 Å². The molecule has 4 nitrogen and oxygen atoms in total. The summed E-state index contributed by atoms with van der Waals surface area (Å²) in [4.78, 5) is 25.7. The van der Waals surface area contributed by atoms with Crippen LogP contribution in [0.15, 0.2) is 48.5 Å². The van der Waals surface area contributed by atoms with Crippen molar-refractivity contribution in [2.75, 3.05) is 16.8 Å². The third-order valence-electron chi connectivity index (χ3n) is 3.68. The highest BCUT2D eigenvalue weighted by Gasteiger charge is 2.17. The number of hydrogen-bond acceptors (Lipinski definition) is 2. The van der Waals surface area contributed by atoms with Gasteiger partial charge in [-0.3, -0.25) is 9.59 Å². The van der Waals surface area contributed by atoms with Gasteiger partial charge >= 0.3 is 0 Å². The zero-order valence-corrected chi connectivity index (χ0v) is 14.8. The van der Waals surface area contributed by atoms with Crippen molar-refractivity contribution >= 4 is 34.8 Å². The van der Waals surface area contributed by atoms with E-state index in [-0.39, 0.29) is 18.4 Å². The molecule has 0 atom stereocenters. The van der Waals surface area contributed by atoms with E-state index >= 15 is 0 Å². The van der Waals surface area contributed by atoms with Gasteiger partial charge in [0.2, 0.25) is 11.8 Å². The first-order valence-corrected chi connectivity index (χ1v) is 8.18. The molecule has 0 radical (unpaired) electrons. The fourth-order valence-electron chi connectivity index (χ4n) is 2.45. The number of carbonyl (C=O) groups excluding carboxylic acids is 2. The van der Waals surface area contributed by atoms with Gasteiger partial charge in [0.05, 0.1) is 0 Å². The number of rotatable bonds is 5. The second kappa shape index (κ2) is 7.97. The van der Waals surface area contributed by atoms with Crippen LogP contribution < -0.4 is 10.2 Å². The molecule has 0 spiro atoms. The van der Waals surface area contributed by atoms with Gasteiger partial charge in [-0.1, -0.05) is 43.6 Å². The fourth-order valence-corrected chi connectivity index (χ4v) is 2.58. The molecule has 2 aromatic rings. The molecule has 0 aliphatic carbocycles. The quantitative estimate of drug-likeness (QED) is 0.870. The first kappa shape index (κ1) is 18.0. The molecule has 0 heterocycles. The van der Waals surface area contributed by atoms with Crippen LogP contribution in [0.25, 0.3) is 0 Å². The van der Waals surface area contributed by atoms with Gasteiger partial charge in [0.15, 0.2) is 0 Å². The monoisotopic (exact) mass is 344 g/mol. The standard InChI is InChI=1S/C19H21ClN2O2/c1-13(2)17-6-4-5-7-18(17)21-19(24)12-22(14(3)23)16-10-8-15(20)9-11-16/h4-11,13H,12H2,1-3H3,(H,21,24). The minimum Gasteiger partial charge on any atom is -0.324 e. The van der Waals surface area contributed by atoms with E-state index in [1.165, 1.54) is 11.8 Å². The molecular formula is C19H21ClN2O2. The number of para-hydroxylation sites is 1. The van der Waals surface area contributed by atoms with Gasteiger partial charge in [0.25, 0.3) is 0 Å². The number of amides is 2. The highest BCUT2D eigenvalue weighted by atomic mass is 35.5. The maximum atomic E-state index is 12.4. The lowest BCUT2D eigenvalue weighted by Gasteiger charge is -2.21. The summed E-state index contributed by atoms with van der Waals surface area (Å²) in [7, 11) is 0. The van der Waals surface area contributed by atoms with Crippen molar-refractivity contribution in [1.29, 1.82) is 0 Å². The molecule has 0 bridgehead atoms. The van der Waals surface area contributed by atoms with Gasteiger partial charge < -0.3 is 10.2 Å². The Morgan fingerprint density at radius 1 is 1.08 bits per heavy atom. The molecular weight excluding hydrogens is 324 g/mol. The molecule has 5 heteroatoms. The van der Waals surface area contributed by atoms with Crippen LogP contribution in [0.1, 0.15) is 32.3 Å². The van der Waals surface area contributed by atoms with Crippen LogP contribution in [0.2, 0.25) is 5.02 Å². The van der Waals surface area contributed by atoms with Gasteiger partial charge in [0, 0.05) is 23.3 Å². The molecule has 2 rings (SSSR count). The summed E-state index contributed by atoms with van der Waals surface area (Å²) in [6.07, 6.45) is 0. The number of hydrogen-bond donors (Lipinski definition) is 1. The van der Waals surface area contributed by atoms with Crippen molar-refractivity contribution in [2.24, 2.45) is 0 Å². The molecule has 1 N–H and O–H groups in total. The highest BCUT2D eigenvalue weighted by molar-refractivity contribution is 6.30. The molecule has 126 valence electrons. The van der Waals surface area contributed by atoms with Gasteiger partial charge in [-0.25, -0.2) is 0 Å². The van der Waals surface area contributed by atoms with E-state index in [4.69, 9.17) is 11.6 Å². The number of benzene rings is 2. The minimum atomic E-state index is -0.242. The van der Waals surface area contributed by atoms with E-state index in [2.05, 4.69) is 19.2 Å². The number of halogens is 1. The third kappa shape index (κ3) is 4.59. The molecule has 0 aromatic heterocycles. The lowest BCUT2D eigenvalue weighted by Crippen LogP contribution is -2.36. The molecule has 0 aliphatic rings. The summed E-state index contributed by atoms with van der Waals surface area (Å²) >= 11 is 5.87. The average Bonchev–Trinajstić information content (AvgIpc) is 2.53. The molecule has 0 aliphatic heterocycles. The minimum absolute atomic E-state index is 0.0522. The van der Waals surface area contributed by atoms with Crippen LogP contribution in [0.5, 0.6) is 0 Å². The van der Waals surface area contributed by atoms with Gasteiger partial charge in [-0.05, 0) is 41.8 Å². The van der Waals surface area contributed by atoms with E-state index in [1.54, 1.807) is 24.3 Å². The fraction of sp³-hybridized carbons (Fsp3) is 0.263. The van der Waals surface area contributed by atoms with Crippen molar-refractivity contribution in [3.05, 3.63) is 59.1 Å². The molecule has 24 heavy (non-hydrogen) atoms. The van der Waals surface area contributed by atoms with E-state index in [9.17, 15) is 9.59 Å². The van der Waals surface area contributed by atoms with Crippen molar-refractivity contribution in [3.63, 3.8) is 0 Å². The zero-order valence-electron chi connectivity index (χ0n) is 14.0. The van der Waals surface area contributed by atoms with Crippen LogP contribution in [0.4, 0.5) is 11.4 Å². The predicted octanol–water partition coefficient (Wildman–Crippen LogP) is 4.46. The number of carbonyl (C=O) groups is 2. The topological polar surface area (TPSA) is 49.4 Å². The molecule has 0 fully saturated rings. The lowest BCUT2D eigenvalue weighted by molar-refractivity contribution is -0.120. The third-order valence-corrected chi connectivity index (χ3v) is 3.93. The van der Waals surface area contributed by atoms with Gasteiger partial charge in [-0.2, -0.15) is 0 Å². The summed E-state index contributed by atoms with van der Waals surface area (Å²) in [6, 6.07) is 14.5. The lowest BCUT2D eigenvalue weighted by atomic mass is 10.0. The second-order valence-corrected chi connectivity index (χ2v) is 6.31. The Kier molecular flexibility index (Phi) is 5.99. The van der Waals surface area contributed by atoms with Gasteiger partial charge in [0.1, 0.15) is 6.54 Å². The van der Waals surface area contributed by atoms with Crippen molar-refractivity contribution in [1.82, 2.24) is 0 Å². The molecule has 0 saturated heterocycles. The van der Waals surface area contributed by atoms with E-state index in [0.29, 0.717) is 16.6 Å². The summed E-state index contributed by atoms with van der Waals surface area (Å²) in [5, 5.41) is 3.48. The van der Waals surface area contributed by atoms with Crippen LogP contribution in [-0.4, -0.2) is 18.4 Å². The summed E-state index contributed by atoms with van der Waals surface area (Å²) < 4.78 is 0. The van der Waals surface area contributed by atoms with Crippen LogP contribution in [0.3, 0.4) is 0 Å². The maximum Gasteiger partial charge on any atom is 0.244 e. The van der Waals surface area contributed by atoms with Crippen LogP contribution in [-0.2, 0) is 9.59 Å². The van der Waals surface area contributed by atoms with Crippen LogP contribution >= 0.6 is 11.6 Å². The van der Waals surface area contributed by atoms with Crippen molar-refractivity contribution in [2.45, 2.75) is 26.7 Å². The van der Waals surface area contributed by atoms with E-state index < -0.39 is 0 Å². The normalized spacial score (nSPS) is 10.5. The summed E-state index contributed by atoms with van der Waals surface area (Å²) in [6.45, 7) is 5.52. The van der Waals surface area contributed by atoms with E-state index in [0.717, 1.165) is 11.3 Å². The average molecular weight is 345 g/mol. The van der Waals surface area contributed by atoms with Gasteiger partial charge in [-0.15, -0.1) is 0 Å². The summed E-state index contributed by atoms with van der Waals surface area (Å²) in [5.41, 5.74) is 2.48. The first-order valence-electron chi connectivity index (χ1n) is 7.81. The maximum absolute atomic E-state index is 12.4. The number of nitrogens with zero attached hydrogens (tertiary/aromatic N) is 1. The molecule has 0 saturated carbocycles. The highest BCUT2D eigenvalue weighted by Crippen LogP contribution is 2.24. The Morgan fingerprint density at radius 2 is 1.71 bits per heavy atom. The Labute approximate surface area is 147 Å². The Morgan fingerprint density at radius 3 is 2.29 bits per heavy atom.